The van der Waals surface area contributed by atoms with Gasteiger partial charge in [0.1, 0.15) is 0 Å². The Labute approximate surface area is 135 Å². The molecule has 0 bridgehead atoms. The highest BCUT2D eigenvalue weighted by Gasteiger charge is 2.09. The lowest BCUT2D eigenvalue weighted by Crippen LogP contribution is -2.09. The van der Waals surface area contributed by atoms with Crippen molar-refractivity contribution in [2.24, 2.45) is 0 Å². The minimum absolute atomic E-state index is 0.244. The highest BCUT2D eigenvalue weighted by atomic mass is 79.9. The molecule has 112 valence electrons. The molecular weight excluding hydrogens is 326 g/mol. The molecule has 1 unspecified atom stereocenters. The number of hydrogen-bond acceptors (Lipinski definition) is 2. The molecule has 2 aromatic carbocycles. The Morgan fingerprint density at radius 2 is 1.90 bits per heavy atom. The van der Waals surface area contributed by atoms with E-state index in [-0.39, 0.29) is 6.61 Å². The molecule has 2 rings (SSSR count). The first-order valence-corrected chi connectivity index (χ1v) is 8.24. The monoisotopic (exact) mass is 347 g/mol. The lowest BCUT2D eigenvalue weighted by atomic mass is 10.0. The minimum Gasteiger partial charge on any atom is -0.396 e. The van der Waals surface area contributed by atoms with Crippen LogP contribution in [0.5, 0.6) is 0 Å². The SMILES string of the molecule is CCC(Nc1cccc(CCCO)c1)c1ccc(Br)cc1. The van der Waals surface area contributed by atoms with Crippen molar-refractivity contribution in [3.63, 3.8) is 0 Å². The van der Waals surface area contributed by atoms with Crippen LogP contribution in [0.4, 0.5) is 5.69 Å². The molecule has 0 radical (unpaired) electrons. The Balaban J connectivity index is 2.09. The van der Waals surface area contributed by atoms with E-state index >= 15 is 0 Å². The Morgan fingerprint density at radius 3 is 2.57 bits per heavy atom. The zero-order chi connectivity index (χ0) is 15.1. The fourth-order valence-corrected chi connectivity index (χ4v) is 2.68. The second-order valence-electron chi connectivity index (χ2n) is 5.18. The summed E-state index contributed by atoms with van der Waals surface area (Å²) < 4.78 is 1.10. The predicted molar refractivity (Wildman–Crippen MR) is 92.6 cm³/mol. The average Bonchev–Trinajstić information content (AvgIpc) is 2.52. The Kier molecular flexibility index (Phi) is 6.27. The number of nitrogens with one attached hydrogen (secondary N) is 1. The first kappa shape index (κ1) is 16.1. The third-order valence-electron chi connectivity index (χ3n) is 3.57. The molecule has 0 aromatic heterocycles. The summed E-state index contributed by atoms with van der Waals surface area (Å²) in [5, 5.41) is 12.5. The molecule has 0 saturated heterocycles. The second kappa shape index (κ2) is 8.20. The summed E-state index contributed by atoms with van der Waals surface area (Å²) in [6, 6.07) is 17.2. The van der Waals surface area contributed by atoms with Gasteiger partial charge in [-0.2, -0.15) is 0 Å². The van der Waals surface area contributed by atoms with Crippen molar-refractivity contribution in [3.8, 4) is 0 Å². The van der Waals surface area contributed by atoms with Crippen LogP contribution in [0.3, 0.4) is 0 Å². The van der Waals surface area contributed by atoms with E-state index in [1.165, 1.54) is 11.1 Å². The second-order valence-corrected chi connectivity index (χ2v) is 6.10. The van der Waals surface area contributed by atoms with Crippen LogP contribution in [0.25, 0.3) is 0 Å². The molecule has 2 nitrogen and oxygen atoms in total. The summed E-state index contributed by atoms with van der Waals surface area (Å²) in [6.45, 7) is 2.43. The van der Waals surface area contributed by atoms with Gasteiger partial charge in [0.2, 0.25) is 0 Å². The summed E-state index contributed by atoms with van der Waals surface area (Å²) in [6.07, 6.45) is 2.76. The largest absolute Gasteiger partial charge is 0.396 e. The third-order valence-corrected chi connectivity index (χ3v) is 4.10. The highest BCUT2D eigenvalue weighted by Crippen LogP contribution is 2.24. The van der Waals surface area contributed by atoms with Gasteiger partial charge in [-0.15, -0.1) is 0 Å². The maximum absolute atomic E-state index is 8.93. The van der Waals surface area contributed by atoms with Gasteiger partial charge in [-0.1, -0.05) is 47.1 Å². The molecule has 0 spiro atoms. The number of aliphatic hydroxyl groups excluding tert-OH is 1. The van der Waals surface area contributed by atoms with Crippen LogP contribution < -0.4 is 5.32 Å². The summed E-state index contributed by atoms with van der Waals surface area (Å²) in [7, 11) is 0. The zero-order valence-electron chi connectivity index (χ0n) is 12.3. The summed E-state index contributed by atoms with van der Waals surface area (Å²) in [4.78, 5) is 0. The molecule has 0 aliphatic carbocycles. The molecule has 1 atom stereocenters. The quantitative estimate of drug-likeness (QED) is 0.743. The molecule has 2 N–H and O–H groups in total. The van der Waals surface area contributed by atoms with Crippen LogP contribution in [0.2, 0.25) is 0 Å². The number of rotatable bonds is 7. The van der Waals surface area contributed by atoms with Crippen molar-refractivity contribution in [1.82, 2.24) is 0 Å². The lowest BCUT2D eigenvalue weighted by molar-refractivity contribution is 0.288. The van der Waals surface area contributed by atoms with E-state index in [0.29, 0.717) is 6.04 Å². The first-order chi connectivity index (χ1) is 10.2. The van der Waals surface area contributed by atoms with E-state index in [1.54, 1.807) is 0 Å². The molecule has 3 heteroatoms. The van der Waals surface area contributed by atoms with E-state index in [4.69, 9.17) is 5.11 Å². The Bertz CT molecular complexity index is 553. The Hall–Kier alpha value is -1.32. The van der Waals surface area contributed by atoms with Gasteiger partial charge in [-0.25, -0.2) is 0 Å². The van der Waals surface area contributed by atoms with Gasteiger partial charge < -0.3 is 10.4 Å². The van der Waals surface area contributed by atoms with Crippen LogP contribution in [0.1, 0.15) is 36.9 Å². The van der Waals surface area contributed by atoms with Gasteiger partial charge >= 0.3 is 0 Å². The summed E-state index contributed by atoms with van der Waals surface area (Å²) in [5.74, 6) is 0. The molecule has 0 aliphatic heterocycles. The number of aliphatic hydroxyl groups is 1. The topological polar surface area (TPSA) is 32.3 Å². The van der Waals surface area contributed by atoms with Crippen molar-refractivity contribution in [2.75, 3.05) is 11.9 Å². The highest BCUT2D eigenvalue weighted by molar-refractivity contribution is 9.10. The predicted octanol–water partition coefficient (Wildman–Crippen LogP) is 4.94. The van der Waals surface area contributed by atoms with Gasteiger partial charge in [-0.3, -0.25) is 0 Å². The van der Waals surface area contributed by atoms with E-state index in [9.17, 15) is 0 Å². The van der Waals surface area contributed by atoms with Crippen LogP contribution in [-0.2, 0) is 6.42 Å². The van der Waals surface area contributed by atoms with Gasteiger partial charge in [0.25, 0.3) is 0 Å². The fraction of sp³-hybridized carbons (Fsp3) is 0.333. The standard InChI is InChI=1S/C18H22BrNO/c1-2-18(15-8-10-16(19)11-9-15)20-17-7-3-5-14(13-17)6-4-12-21/h3,5,7-11,13,18,20-21H,2,4,6,12H2,1H3. The molecular formula is C18H22BrNO. The van der Waals surface area contributed by atoms with Crippen LogP contribution in [0, 0.1) is 0 Å². The maximum atomic E-state index is 8.93. The summed E-state index contributed by atoms with van der Waals surface area (Å²) in [5.41, 5.74) is 3.70. The van der Waals surface area contributed by atoms with Gasteiger partial charge in [0.15, 0.2) is 0 Å². The third kappa shape index (κ3) is 4.87. The molecule has 0 amide bonds. The fourth-order valence-electron chi connectivity index (χ4n) is 2.42. The van der Waals surface area contributed by atoms with Gasteiger partial charge in [0, 0.05) is 16.8 Å². The van der Waals surface area contributed by atoms with Crippen molar-refractivity contribution in [2.45, 2.75) is 32.2 Å². The molecule has 0 saturated carbocycles. The number of benzene rings is 2. The van der Waals surface area contributed by atoms with Crippen molar-refractivity contribution < 1.29 is 5.11 Å². The minimum atomic E-state index is 0.244. The lowest BCUT2D eigenvalue weighted by Gasteiger charge is -2.19. The van der Waals surface area contributed by atoms with Crippen LogP contribution in [-0.4, -0.2) is 11.7 Å². The maximum Gasteiger partial charge on any atom is 0.0511 e. The van der Waals surface area contributed by atoms with Crippen LogP contribution in [0.15, 0.2) is 53.0 Å². The van der Waals surface area contributed by atoms with Crippen LogP contribution >= 0.6 is 15.9 Å². The van der Waals surface area contributed by atoms with Crippen molar-refractivity contribution >= 4 is 21.6 Å². The zero-order valence-corrected chi connectivity index (χ0v) is 13.9. The Morgan fingerprint density at radius 1 is 1.14 bits per heavy atom. The van der Waals surface area contributed by atoms with E-state index in [2.05, 4.69) is 76.7 Å². The average molecular weight is 348 g/mol. The normalized spacial score (nSPS) is 12.1. The number of halogens is 1. The molecule has 21 heavy (non-hydrogen) atoms. The summed E-state index contributed by atoms with van der Waals surface area (Å²) >= 11 is 3.48. The number of aryl methyl sites for hydroxylation is 1. The molecule has 0 aliphatic rings. The van der Waals surface area contributed by atoms with E-state index in [1.807, 2.05) is 0 Å². The van der Waals surface area contributed by atoms with Crippen molar-refractivity contribution in [1.29, 1.82) is 0 Å². The van der Waals surface area contributed by atoms with E-state index in [0.717, 1.165) is 29.4 Å². The van der Waals surface area contributed by atoms with E-state index < -0.39 is 0 Å². The molecule has 2 aromatic rings. The number of hydrogen-bond donors (Lipinski definition) is 2. The van der Waals surface area contributed by atoms with Gasteiger partial charge in [0.05, 0.1) is 6.04 Å². The first-order valence-electron chi connectivity index (χ1n) is 7.44. The molecule has 0 fully saturated rings. The van der Waals surface area contributed by atoms with Gasteiger partial charge in [-0.05, 0) is 54.7 Å². The number of anilines is 1. The smallest absolute Gasteiger partial charge is 0.0511 e. The molecule has 0 heterocycles. The van der Waals surface area contributed by atoms with Crippen molar-refractivity contribution in [3.05, 3.63) is 64.1 Å².